The van der Waals surface area contributed by atoms with Crippen molar-refractivity contribution in [3.63, 3.8) is 0 Å². The van der Waals surface area contributed by atoms with Gasteiger partial charge in [0.05, 0.1) is 10.5 Å². The lowest BCUT2D eigenvalue weighted by Crippen LogP contribution is -2.37. The number of carbonyl (C=O) groups excluding carboxylic acids is 1. The van der Waals surface area contributed by atoms with Crippen molar-refractivity contribution in [1.29, 1.82) is 0 Å². The number of rotatable bonds is 4. The third-order valence-electron chi connectivity index (χ3n) is 3.33. The van der Waals surface area contributed by atoms with Crippen molar-refractivity contribution >= 4 is 11.7 Å². The Kier molecular flexibility index (Phi) is 4.09. The molecule has 0 saturated heterocycles. The van der Waals surface area contributed by atoms with Crippen molar-refractivity contribution in [3.8, 4) is 11.5 Å². The van der Waals surface area contributed by atoms with Crippen LogP contribution in [0, 0.1) is 10.1 Å². The van der Waals surface area contributed by atoms with Crippen LogP contribution in [0.4, 0.5) is 5.69 Å². The number of para-hydroxylation sites is 3. The molecule has 0 aliphatic carbocycles. The van der Waals surface area contributed by atoms with Gasteiger partial charge in [-0.05, 0) is 18.2 Å². The topological polar surface area (TPSA) is 87.9 Å². The Morgan fingerprint density at radius 1 is 1.17 bits per heavy atom. The smallest absolute Gasteiger partial charge is 0.351 e. The van der Waals surface area contributed by atoms with Crippen molar-refractivity contribution in [3.05, 3.63) is 64.2 Å². The van der Waals surface area contributed by atoms with Crippen LogP contribution in [-0.4, -0.2) is 23.6 Å². The first-order valence-electron chi connectivity index (χ1n) is 6.92. The maximum Gasteiger partial charge on any atom is 0.351 e. The van der Waals surface area contributed by atoms with Crippen LogP contribution in [0.1, 0.15) is 5.56 Å². The highest BCUT2D eigenvalue weighted by molar-refractivity contribution is 5.76. The summed E-state index contributed by atoms with van der Waals surface area (Å²) in [7, 11) is 0. The van der Waals surface area contributed by atoms with Gasteiger partial charge in [-0.2, -0.15) is 0 Å². The summed E-state index contributed by atoms with van der Waals surface area (Å²) >= 11 is 0. The van der Waals surface area contributed by atoms with Crippen LogP contribution in [0.5, 0.6) is 11.5 Å². The molecule has 0 N–H and O–H groups in total. The number of nitro benzene ring substituents is 1. The van der Waals surface area contributed by atoms with Crippen molar-refractivity contribution < 1.29 is 23.9 Å². The van der Waals surface area contributed by atoms with Gasteiger partial charge in [-0.1, -0.05) is 24.3 Å². The second kappa shape index (κ2) is 6.35. The lowest BCUT2D eigenvalue weighted by Gasteiger charge is -2.24. The first kappa shape index (κ1) is 14.8. The first-order valence-corrected chi connectivity index (χ1v) is 6.92. The standard InChI is InChI=1S/C16H13NO6/c18-16(15-10-21-13-7-3-4-8-14(13)23-15)22-9-11-5-1-2-6-12(11)17(19)20/h1-8,15H,9-10H2/t15-/m1/s1. The molecule has 0 aromatic heterocycles. The first-order chi connectivity index (χ1) is 11.1. The van der Waals surface area contributed by atoms with E-state index in [9.17, 15) is 14.9 Å². The molecule has 23 heavy (non-hydrogen) atoms. The normalized spacial score (nSPS) is 15.7. The van der Waals surface area contributed by atoms with E-state index in [2.05, 4.69) is 0 Å². The van der Waals surface area contributed by atoms with E-state index >= 15 is 0 Å². The number of ether oxygens (including phenoxy) is 3. The monoisotopic (exact) mass is 315 g/mol. The fourth-order valence-corrected chi connectivity index (χ4v) is 2.19. The summed E-state index contributed by atoms with van der Waals surface area (Å²) in [5.41, 5.74) is 0.231. The zero-order valence-electron chi connectivity index (χ0n) is 12.0. The largest absolute Gasteiger partial charge is 0.485 e. The molecule has 1 aliphatic heterocycles. The molecular weight excluding hydrogens is 302 g/mol. The minimum Gasteiger partial charge on any atom is -0.485 e. The Bertz CT molecular complexity index is 745. The highest BCUT2D eigenvalue weighted by atomic mass is 16.6. The molecule has 1 atom stereocenters. The molecule has 7 nitrogen and oxygen atoms in total. The second-order valence-corrected chi connectivity index (χ2v) is 4.86. The number of esters is 1. The van der Waals surface area contributed by atoms with Crippen LogP contribution in [0.25, 0.3) is 0 Å². The summed E-state index contributed by atoms with van der Waals surface area (Å²) in [6.45, 7) is -0.162. The summed E-state index contributed by atoms with van der Waals surface area (Å²) in [6.07, 6.45) is -0.896. The van der Waals surface area contributed by atoms with E-state index in [4.69, 9.17) is 14.2 Å². The quantitative estimate of drug-likeness (QED) is 0.489. The summed E-state index contributed by atoms with van der Waals surface area (Å²) in [6, 6.07) is 13.1. The van der Waals surface area contributed by atoms with Gasteiger partial charge in [-0.25, -0.2) is 4.79 Å². The minimum absolute atomic E-state index is 0.0345. The predicted molar refractivity (Wildman–Crippen MR) is 79.2 cm³/mol. The van der Waals surface area contributed by atoms with Gasteiger partial charge in [-0.3, -0.25) is 10.1 Å². The minimum atomic E-state index is -0.896. The fraction of sp³-hybridized carbons (Fsp3) is 0.188. The van der Waals surface area contributed by atoms with Gasteiger partial charge < -0.3 is 14.2 Å². The number of hydrogen-bond acceptors (Lipinski definition) is 6. The number of nitro groups is 1. The van der Waals surface area contributed by atoms with Crippen LogP contribution in [-0.2, 0) is 16.1 Å². The zero-order chi connectivity index (χ0) is 16.2. The van der Waals surface area contributed by atoms with Crippen LogP contribution >= 0.6 is 0 Å². The molecule has 7 heteroatoms. The van der Waals surface area contributed by atoms with Crippen molar-refractivity contribution in [2.24, 2.45) is 0 Å². The van der Waals surface area contributed by atoms with E-state index in [-0.39, 0.29) is 18.9 Å². The average molecular weight is 315 g/mol. The molecule has 2 aromatic carbocycles. The third kappa shape index (κ3) is 3.23. The Morgan fingerprint density at radius 2 is 1.87 bits per heavy atom. The van der Waals surface area contributed by atoms with Crippen LogP contribution < -0.4 is 9.47 Å². The number of fused-ring (bicyclic) bond motifs is 1. The molecule has 0 unspecified atom stereocenters. The SMILES string of the molecule is O=C(OCc1ccccc1[N+](=O)[O-])[C@H]1COc2ccccc2O1. The maximum absolute atomic E-state index is 12.1. The molecule has 118 valence electrons. The third-order valence-corrected chi connectivity index (χ3v) is 3.33. The molecule has 0 bridgehead atoms. The van der Waals surface area contributed by atoms with Gasteiger partial charge in [0.1, 0.15) is 13.2 Å². The van der Waals surface area contributed by atoms with E-state index in [1.165, 1.54) is 6.07 Å². The van der Waals surface area contributed by atoms with Crippen LogP contribution in [0.3, 0.4) is 0 Å². The summed E-state index contributed by atoms with van der Waals surface area (Å²) < 4.78 is 16.1. The Morgan fingerprint density at radius 3 is 2.65 bits per heavy atom. The molecule has 1 aliphatic rings. The lowest BCUT2D eigenvalue weighted by molar-refractivity contribution is -0.385. The fourth-order valence-electron chi connectivity index (χ4n) is 2.19. The van der Waals surface area contributed by atoms with Gasteiger partial charge in [0.2, 0.25) is 6.10 Å². The van der Waals surface area contributed by atoms with E-state index < -0.39 is 17.0 Å². The highest BCUT2D eigenvalue weighted by Crippen LogP contribution is 2.31. The molecule has 0 saturated carbocycles. The second-order valence-electron chi connectivity index (χ2n) is 4.86. The Balaban J connectivity index is 1.64. The molecular formula is C16H13NO6. The predicted octanol–water partition coefficient (Wildman–Crippen LogP) is 2.48. The van der Waals surface area contributed by atoms with E-state index in [1.54, 1.807) is 42.5 Å². The van der Waals surface area contributed by atoms with Crippen molar-refractivity contribution in [2.75, 3.05) is 6.61 Å². The zero-order valence-corrected chi connectivity index (χ0v) is 12.0. The lowest BCUT2D eigenvalue weighted by atomic mass is 10.2. The summed E-state index contributed by atoms with van der Waals surface area (Å²) in [4.78, 5) is 22.5. The molecule has 0 spiro atoms. The summed E-state index contributed by atoms with van der Waals surface area (Å²) in [5.74, 6) is 0.402. The highest BCUT2D eigenvalue weighted by Gasteiger charge is 2.29. The van der Waals surface area contributed by atoms with Crippen LogP contribution in [0.15, 0.2) is 48.5 Å². The molecule has 0 fully saturated rings. The van der Waals surface area contributed by atoms with E-state index in [1.807, 2.05) is 0 Å². The maximum atomic E-state index is 12.1. The summed E-state index contributed by atoms with van der Waals surface area (Å²) in [5, 5.41) is 10.9. The molecule has 0 amide bonds. The van der Waals surface area contributed by atoms with E-state index in [0.29, 0.717) is 17.1 Å². The number of carbonyl (C=O) groups is 1. The number of hydrogen-bond donors (Lipinski definition) is 0. The van der Waals surface area contributed by atoms with Gasteiger partial charge in [-0.15, -0.1) is 0 Å². The Hall–Kier alpha value is -3.09. The number of nitrogens with zero attached hydrogens (tertiary/aromatic N) is 1. The molecule has 3 rings (SSSR count). The Labute approximate surface area is 131 Å². The van der Waals surface area contributed by atoms with Gasteiger partial charge >= 0.3 is 5.97 Å². The molecule has 0 radical (unpaired) electrons. The van der Waals surface area contributed by atoms with Crippen molar-refractivity contribution in [1.82, 2.24) is 0 Å². The van der Waals surface area contributed by atoms with Gasteiger partial charge in [0, 0.05) is 6.07 Å². The molecule has 1 heterocycles. The van der Waals surface area contributed by atoms with Crippen molar-refractivity contribution in [2.45, 2.75) is 12.7 Å². The van der Waals surface area contributed by atoms with E-state index in [0.717, 1.165) is 0 Å². The van der Waals surface area contributed by atoms with Gasteiger partial charge in [0.15, 0.2) is 11.5 Å². The molecule has 2 aromatic rings. The van der Waals surface area contributed by atoms with Crippen LogP contribution in [0.2, 0.25) is 0 Å². The van der Waals surface area contributed by atoms with Gasteiger partial charge in [0.25, 0.3) is 5.69 Å². The number of benzene rings is 2. The average Bonchev–Trinajstić information content (AvgIpc) is 2.59.